The third kappa shape index (κ3) is 3.09. The predicted octanol–water partition coefficient (Wildman–Crippen LogP) is 2.31. The highest BCUT2D eigenvalue weighted by Gasteiger charge is 2.23. The number of nitrogens with two attached hydrogens (primary N) is 1. The number of nitrogens with zero attached hydrogens (tertiary/aromatic N) is 4. The van der Waals surface area contributed by atoms with Gasteiger partial charge in [0.2, 0.25) is 0 Å². The van der Waals surface area contributed by atoms with E-state index < -0.39 is 0 Å². The Bertz CT molecular complexity index is 675. The molecule has 0 fully saturated rings. The fraction of sp³-hybridized carbons (Fsp3) is 0.471. The molecule has 0 aromatic carbocycles. The zero-order valence-corrected chi connectivity index (χ0v) is 13.5. The van der Waals surface area contributed by atoms with Gasteiger partial charge in [0.05, 0.1) is 0 Å². The first-order valence-electron chi connectivity index (χ1n) is 7.70. The molecule has 0 unspecified atom stereocenters. The summed E-state index contributed by atoms with van der Waals surface area (Å²) in [6, 6.07) is 3.97. The monoisotopic (exact) mass is 297 g/mol. The van der Waals surface area contributed by atoms with Crippen LogP contribution in [0, 0.1) is 0 Å². The summed E-state index contributed by atoms with van der Waals surface area (Å²) in [5.74, 6) is 1.55. The molecule has 2 N–H and O–H groups in total. The van der Waals surface area contributed by atoms with Crippen molar-refractivity contribution in [1.82, 2.24) is 19.9 Å². The first kappa shape index (κ1) is 14.9. The number of hydrogen-bond donors (Lipinski definition) is 1. The van der Waals surface area contributed by atoms with E-state index >= 15 is 0 Å². The van der Waals surface area contributed by atoms with Crippen LogP contribution in [0.25, 0.3) is 0 Å². The molecule has 3 heterocycles. The summed E-state index contributed by atoms with van der Waals surface area (Å²) in [5.41, 5.74) is 9.43. The minimum absolute atomic E-state index is 0.00365. The molecule has 116 valence electrons. The molecule has 0 atom stereocenters. The Morgan fingerprint density at radius 2 is 2.09 bits per heavy atom. The molecule has 22 heavy (non-hydrogen) atoms. The van der Waals surface area contributed by atoms with E-state index in [-0.39, 0.29) is 5.41 Å². The van der Waals surface area contributed by atoms with Crippen LogP contribution < -0.4 is 5.73 Å². The Kier molecular flexibility index (Phi) is 3.83. The number of pyridine rings is 1. The Morgan fingerprint density at radius 1 is 1.27 bits per heavy atom. The van der Waals surface area contributed by atoms with Gasteiger partial charge >= 0.3 is 0 Å². The van der Waals surface area contributed by atoms with Gasteiger partial charge in [0.15, 0.2) is 0 Å². The van der Waals surface area contributed by atoms with E-state index in [1.165, 1.54) is 11.3 Å². The number of rotatable bonds is 2. The minimum atomic E-state index is -0.00365. The van der Waals surface area contributed by atoms with Gasteiger partial charge in [-0.05, 0) is 6.07 Å². The number of hydrogen-bond acceptors (Lipinski definition) is 5. The summed E-state index contributed by atoms with van der Waals surface area (Å²) in [6.45, 7) is 9.12. The van der Waals surface area contributed by atoms with E-state index in [0.29, 0.717) is 5.82 Å². The quantitative estimate of drug-likeness (QED) is 0.921. The van der Waals surface area contributed by atoms with Crippen LogP contribution in [0.15, 0.2) is 24.5 Å². The average molecular weight is 297 g/mol. The van der Waals surface area contributed by atoms with Crippen molar-refractivity contribution >= 4 is 5.82 Å². The van der Waals surface area contributed by atoms with Crippen molar-refractivity contribution in [3.05, 3.63) is 47.2 Å². The predicted molar refractivity (Wildman–Crippen MR) is 87.2 cm³/mol. The Balaban J connectivity index is 1.76. The normalized spacial score (nSPS) is 15.6. The third-order valence-corrected chi connectivity index (χ3v) is 4.00. The molecule has 0 amide bonds. The maximum absolute atomic E-state index is 5.94. The summed E-state index contributed by atoms with van der Waals surface area (Å²) in [7, 11) is 0. The standard InChI is InChI=1S/C17H23N5/c1-17(2,3)16-20-9-13-11-22(8-6-14(13)21-16)10-12-5-4-7-19-15(12)18/h4-5,7,9H,6,8,10-11H2,1-3H3,(H2,18,19). The Labute approximate surface area is 131 Å². The third-order valence-electron chi connectivity index (χ3n) is 4.00. The van der Waals surface area contributed by atoms with Crippen molar-refractivity contribution in [3.8, 4) is 0 Å². The second-order valence-corrected chi connectivity index (χ2v) is 6.92. The van der Waals surface area contributed by atoms with Crippen LogP contribution in [0.5, 0.6) is 0 Å². The van der Waals surface area contributed by atoms with Crippen LogP contribution in [0.2, 0.25) is 0 Å². The van der Waals surface area contributed by atoms with Crippen molar-refractivity contribution in [1.29, 1.82) is 0 Å². The smallest absolute Gasteiger partial charge is 0.133 e. The second kappa shape index (κ2) is 5.65. The zero-order valence-electron chi connectivity index (χ0n) is 13.5. The highest BCUT2D eigenvalue weighted by molar-refractivity contribution is 5.38. The van der Waals surface area contributed by atoms with Crippen molar-refractivity contribution in [2.75, 3.05) is 12.3 Å². The molecule has 0 bridgehead atoms. The van der Waals surface area contributed by atoms with Gasteiger partial charge in [-0.2, -0.15) is 0 Å². The number of nitrogen functional groups attached to an aromatic ring is 1. The van der Waals surface area contributed by atoms with Crippen LogP contribution in [-0.4, -0.2) is 26.4 Å². The van der Waals surface area contributed by atoms with E-state index in [1.807, 2.05) is 18.3 Å². The summed E-state index contributed by atoms with van der Waals surface area (Å²) in [6.07, 6.45) is 4.68. The van der Waals surface area contributed by atoms with Gasteiger partial charge in [-0.3, -0.25) is 4.90 Å². The molecule has 0 radical (unpaired) electrons. The Hall–Kier alpha value is -2.01. The van der Waals surface area contributed by atoms with Crippen LogP contribution in [0.3, 0.4) is 0 Å². The zero-order chi connectivity index (χ0) is 15.7. The highest BCUT2D eigenvalue weighted by atomic mass is 15.1. The van der Waals surface area contributed by atoms with Gasteiger partial charge in [-0.15, -0.1) is 0 Å². The molecule has 0 saturated carbocycles. The molecule has 3 rings (SSSR count). The lowest BCUT2D eigenvalue weighted by atomic mass is 9.95. The maximum Gasteiger partial charge on any atom is 0.133 e. The van der Waals surface area contributed by atoms with Gasteiger partial charge in [-0.1, -0.05) is 26.8 Å². The van der Waals surface area contributed by atoms with Gasteiger partial charge in [0.1, 0.15) is 11.6 Å². The molecular formula is C17H23N5. The largest absolute Gasteiger partial charge is 0.383 e. The van der Waals surface area contributed by atoms with Crippen molar-refractivity contribution in [2.45, 2.75) is 45.7 Å². The molecule has 0 aliphatic carbocycles. The van der Waals surface area contributed by atoms with Crippen molar-refractivity contribution in [2.24, 2.45) is 0 Å². The lowest BCUT2D eigenvalue weighted by Gasteiger charge is -2.29. The maximum atomic E-state index is 5.94. The Morgan fingerprint density at radius 3 is 2.82 bits per heavy atom. The molecular weight excluding hydrogens is 274 g/mol. The lowest BCUT2D eigenvalue weighted by Crippen LogP contribution is -2.32. The highest BCUT2D eigenvalue weighted by Crippen LogP contribution is 2.23. The molecule has 1 aliphatic heterocycles. The summed E-state index contributed by atoms with van der Waals surface area (Å²) < 4.78 is 0. The van der Waals surface area contributed by atoms with E-state index in [4.69, 9.17) is 10.7 Å². The molecule has 0 spiro atoms. The molecule has 5 heteroatoms. The fourth-order valence-electron chi connectivity index (χ4n) is 2.70. The topological polar surface area (TPSA) is 67.9 Å². The average Bonchev–Trinajstić information content (AvgIpc) is 2.48. The summed E-state index contributed by atoms with van der Waals surface area (Å²) in [4.78, 5) is 15.8. The number of anilines is 1. The lowest BCUT2D eigenvalue weighted by molar-refractivity contribution is 0.242. The van der Waals surface area contributed by atoms with Crippen LogP contribution in [0.1, 0.15) is 43.4 Å². The molecule has 2 aromatic heterocycles. The van der Waals surface area contributed by atoms with E-state index in [2.05, 4.69) is 35.6 Å². The SMILES string of the molecule is CC(C)(C)c1ncc2c(n1)CCN(Cc1cccnc1N)C2. The molecule has 2 aromatic rings. The number of aromatic nitrogens is 3. The van der Waals surface area contributed by atoms with Crippen LogP contribution >= 0.6 is 0 Å². The summed E-state index contributed by atoms with van der Waals surface area (Å²) >= 11 is 0. The minimum Gasteiger partial charge on any atom is -0.383 e. The van der Waals surface area contributed by atoms with E-state index in [1.54, 1.807) is 6.20 Å². The van der Waals surface area contributed by atoms with Crippen molar-refractivity contribution < 1.29 is 0 Å². The van der Waals surface area contributed by atoms with Crippen molar-refractivity contribution in [3.63, 3.8) is 0 Å². The fourth-order valence-corrected chi connectivity index (χ4v) is 2.70. The second-order valence-electron chi connectivity index (χ2n) is 6.92. The molecule has 0 saturated heterocycles. The number of fused-ring (bicyclic) bond motifs is 1. The molecule has 1 aliphatic rings. The van der Waals surface area contributed by atoms with Crippen LogP contribution in [0.4, 0.5) is 5.82 Å². The van der Waals surface area contributed by atoms with Gasteiger partial charge in [0, 0.05) is 60.7 Å². The first-order valence-corrected chi connectivity index (χ1v) is 7.70. The summed E-state index contributed by atoms with van der Waals surface area (Å²) in [5, 5.41) is 0. The van der Waals surface area contributed by atoms with E-state index in [0.717, 1.165) is 37.4 Å². The van der Waals surface area contributed by atoms with Gasteiger partial charge in [-0.25, -0.2) is 15.0 Å². The first-order chi connectivity index (χ1) is 10.4. The van der Waals surface area contributed by atoms with Gasteiger partial charge in [0.25, 0.3) is 0 Å². The van der Waals surface area contributed by atoms with Gasteiger partial charge < -0.3 is 5.73 Å². The van der Waals surface area contributed by atoms with Crippen LogP contribution in [-0.2, 0) is 24.9 Å². The van der Waals surface area contributed by atoms with E-state index in [9.17, 15) is 0 Å². The molecule has 5 nitrogen and oxygen atoms in total.